The molecule has 3 N–H and O–H groups in total. The lowest BCUT2D eigenvalue weighted by atomic mass is 9.99. The van der Waals surface area contributed by atoms with Gasteiger partial charge in [-0.1, -0.05) is 36.4 Å². The van der Waals surface area contributed by atoms with E-state index in [9.17, 15) is 14.7 Å². The quantitative estimate of drug-likeness (QED) is 0.586. The van der Waals surface area contributed by atoms with Gasteiger partial charge in [0.1, 0.15) is 16.9 Å². The molecule has 1 fully saturated rings. The van der Waals surface area contributed by atoms with Crippen LogP contribution in [0.3, 0.4) is 0 Å². The lowest BCUT2D eigenvalue weighted by Gasteiger charge is -2.26. The maximum absolute atomic E-state index is 13.1. The highest BCUT2D eigenvalue weighted by Crippen LogP contribution is 2.55. The number of aryl methyl sites for hydroxylation is 1. The summed E-state index contributed by atoms with van der Waals surface area (Å²) in [6.07, 6.45) is 1.08. The van der Waals surface area contributed by atoms with Crippen molar-refractivity contribution in [3.05, 3.63) is 71.0 Å². The smallest absolute Gasteiger partial charge is 0.256 e. The van der Waals surface area contributed by atoms with Gasteiger partial charge in [0.2, 0.25) is 5.91 Å². The molecule has 2 amide bonds. The highest BCUT2D eigenvalue weighted by molar-refractivity contribution is 6.09. The second-order valence-electron chi connectivity index (χ2n) is 8.17. The molecule has 6 heteroatoms. The van der Waals surface area contributed by atoms with Crippen LogP contribution in [0.2, 0.25) is 0 Å². The number of hydrogen-bond acceptors (Lipinski definition) is 4. The Labute approximate surface area is 175 Å². The number of furan rings is 1. The van der Waals surface area contributed by atoms with Gasteiger partial charge in [0.05, 0.1) is 12.2 Å². The van der Waals surface area contributed by atoms with Crippen molar-refractivity contribution in [1.29, 1.82) is 0 Å². The van der Waals surface area contributed by atoms with Gasteiger partial charge in [-0.3, -0.25) is 9.59 Å². The maximum atomic E-state index is 13.1. The zero-order valence-electron chi connectivity index (χ0n) is 17.4. The number of hydrogen-bond donors (Lipinski definition) is 3. The molecule has 0 radical (unpaired) electrons. The molecule has 1 aromatic heterocycles. The minimum absolute atomic E-state index is 0.396. The Morgan fingerprint density at radius 2 is 1.83 bits per heavy atom. The van der Waals surface area contributed by atoms with Crippen molar-refractivity contribution >= 4 is 22.8 Å². The summed E-state index contributed by atoms with van der Waals surface area (Å²) in [4.78, 5) is 25.2. The number of aliphatic hydroxyl groups excluding tert-OH is 1. The minimum Gasteiger partial charge on any atom is -0.461 e. The fourth-order valence-electron chi connectivity index (χ4n) is 4.14. The van der Waals surface area contributed by atoms with Gasteiger partial charge in [-0.2, -0.15) is 0 Å². The molecule has 1 aliphatic rings. The monoisotopic (exact) mass is 406 g/mol. The van der Waals surface area contributed by atoms with Crippen molar-refractivity contribution in [2.24, 2.45) is 0 Å². The van der Waals surface area contributed by atoms with E-state index in [4.69, 9.17) is 4.42 Å². The van der Waals surface area contributed by atoms with E-state index < -0.39 is 24.0 Å². The molecule has 156 valence electrons. The molecule has 3 unspecified atom stereocenters. The number of benzene rings is 2. The molecule has 6 nitrogen and oxygen atoms in total. The Kier molecular flexibility index (Phi) is 5.12. The van der Waals surface area contributed by atoms with Crippen LogP contribution in [-0.4, -0.2) is 36.1 Å². The van der Waals surface area contributed by atoms with Crippen LogP contribution in [0.25, 0.3) is 11.0 Å². The summed E-state index contributed by atoms with van der Waals surface area (Å²) >= 11 is 0. The van der Waals surface area contributed by atoms with Crippen molar-refractivity contribution < 1.29 is 19.1 Å². The Hall–Kier alpha value is -3.12. The molecule has 3 atom stereocenters. The summed E-state index contributed by atoms with van der Waals surface area (Å²) < 4.78 is 5.80. The number of amides is 2. The van der Waals surface area contributed by atoms with Crippen LogP contribution in [0.4, 0.5) is 0 Å². The van der Waals surface area contributed by atoms with Crippen LogP contribution in [-0.2, 0) is 4.79 Å². The number of nitrogens with one attached hydrogen (secondary N) is 2. The van der Waals surface area contributed by atoms with Crippen LogP contribution in [0.5, 0.6) is 0 Å². The lowest BCUT2D eigenvalue weighted by molar-refractivity contribution is -0.127. The number of aliphatic hydroxyl groups is 1. The molecular formula is C24H26N2O4. The van der Waals surface area contributed by atoms with Crippen molar-refractivity contribution in [3.8, 4) is 0 Å². The second-order valence-corrected chi connectivity index (χ2v) is 8.17. The van der Waals surface area contributed by atoms with E-state index in [0.29, 0.717) is 28.7 Å². The Balaban J connectivity index is 1.65. The molecule has 0 bridgehead atoms. The SMILES string of the molecule is CNC(=O)C(C)(CO)NC(=O)c1c(C)oc2ccc(C3CC3c3ccccc3)cc12. The fraction of sp³-hybridized carbons (Fsp3) is 0.333. The highest BCUT2D eigenvalue weighted by atomic mass is 16.3. The van der Waals surface area contributed by atoms with E-state index in [2.05, 4.69) is 41.0 Å². The standard InChI is InChI=1S/C24H26N2O4/c1-14-21(22(28)26-24(2,13-27)23(29)25-3)19-11-16(9-10-20(19)30-14)18-12-17(18)15-7-5-4-6-8-15/h4-11,17-18,27H,12-13H2,1-3H3,(H,25,29)(H,26,28). The number of rotatable bonds is 6. The normalized spacial score (nSPS) is 19.9. The van der Waals surface area contributed by atoms with Crippen LogP contribution < -0.4 is 10.6 Å². The third-order valence-electron chi connectivity index (χ3n) is 6.00. The lowest BCUT2D eigenvalue weighted by Crippen LogP contribution is -2.58. The number of likely N-dealkylation sites (N-methyl/N-ethyl adjacent to an activating group) is 1. The average Bonchev–Trinajstić information content (AvgIpc) is 3.49. The second kappa shape index (κ2) is 7.61. The van der Waals surface area contributed by atoms with E-state index in [1.165, 1.54) is 25.1 Å². The summed E-state index contributed by atoms with van der Waals surface area (Å²) in [6.45, 7) is 2.70. The van der Waals surface area contributed by atoms with Crippen LogP contribution >= 0.6 is 0 Å². The summed E-state index contributed by atoms with van der Waals surface area (Å²) in [5.41, 5.74) is 2.10. The summed E-state index contributed by atoms with van der Waals surface area (Å²) in [7, 11) is 1.46. The van der Waals surface area contributed by atoms with E-state index >= 15 is 0 Å². The largest absolute Gasteiger partial charge is 0.461 e. The summed E-state index contributed by atoms with van der Waals surface area (Å²) in [6, 6.07) is 16.4. The Morgan fingerprint density at radius 3 is 2.50 bits per heavy atom. The molecule has 0 saturated heterocycles. The van der Waals surface area contributed by atoms with Gasteiger partial charge in [-0.25, -0.2) is 0 Å². The van der Waals surface area contributed by atoms with Gasteiger partial charge < -0.3 is 20.2 Å². The van der Waals surface area contributed by atoms with Gasteiger partial charge in [0.25, 0.3) is 5.91 Å². The topological polar surface area (TPSA) is 91.6 Å². The predicted octanol–water partition coefficient (Wildman–Crippen LogP) is 3.24. The molecule has 4 rings (SSSR count). The van der Waals surface area contributed by atoms with Gasteiger partial charge in [-0.05, 0) is 55.4 Å². The van der Waals surface area contributed by atoms with Crippen molar-refractivity contribution in [2.75, 3.05) is 13.7 Å². The molecule has 1 heterocycles. The van der Waals surface area contributed by atoms with Gasteiger partial charge in [0.15, 0.2) is 0 Å². The third kappa shape index (κ3) is 3.48. The zero-order valence-corrected chi connectivity index (χ0v) is 17.4. The zero-order chi connectivity index (χ0) is 21.5. The number of carbonyl (C=O) groups excluding carboxylic acids is 2. The van der Waals surface area contributed by atoms with Crippen LogP contribution in [0.15, 0.2) is 52.9 Å². The maximum Gasteiger partial charge on any atom is 0.256 e. The van der Waals surface area contributed by atoms with Crippen molar-refractivity contribution in [3.63, 3.8) is 0 Å². The third-order valence-corrected chi connectivity index (χ3v) is 6.00. The van der Waals surface area contributed by atoms with Crippen molar-refractivity contribution in [2.45, 2.75) is 37.6 Å². The summed E-state index contributed by atoms with van der Waals surface area (Å²) in [5, 5.41) is 15.5. The first kappa shape index (κ1) is 20.2. The average molecular weight is 406 g/mol. The fourth-order valence-corrected chi connectivity index (χ4v) is 4.14. The van der Waals surface area contributed by atoms with Crippen LogP contribution in [0, 0.1) is 6.92 Å². The molecule has 3 aromatic rings. The van der Waals surface area contributed by atoms with Gasteiger partial charge in [0, 0.05) is 12.4 Å². The minimum atomic E-state index is -1.42. The van der Waals surface area contributed by atoms with Gasteiger partial charge >= 0.3 is 0 Å². The summed E-state index contributed by atoms with van der Waals surface area (Å²) in [5.74, 6) is 0.468. The molecule has 0 spiro atoms. The first-order valence-electron chi connectivity index (χ1n) is 10.1. The molecular weight excluding hydrogens is 380 g/mol. The first-order chi connectivity index (χ1) is 14.4. The predicted molar refractivity (Wildman–Crippen MR) is 115 cm³/mol. The number of fused-ring (bicyclic) bond motifs is 1. The molecule has 0 aliphatic heterocycles. The number of carbonyl (C=O) groups is 2. The first-order valence-corrected chi connectivity index (χ1v) is 10.1. The van der Waals surface area contributed by atoms with Crippen LogP contribution in [0.1, 0.15) is 52.4 Å². The Bertz CT molecular complexity index is 1110. The Morgan fingerprint density at radius 1 is 1.13 bits per heavy atom. The van der Waals surface area contributed by atoms with E-state index in [1.54, 1.807) is 6.92 Å². The molecule has 2 aromatic carbocycles. The van der Waals surface area contributed by atoms with E-state index in [1.807, 2.05) is 18.2 Å². The highest BCUT2D eigenvalue weighted by Gasteiger charge is 2.40. The van der Waals surface area contributed by atoms with E-state index in [-0.39, 0.29) is 0 Å². The van der Waals surface area contributed by atoms with Gasteiger partial charge in [-0.15, -0.1) is 0 Å². The molecule has 1 saturated carbocycles. The van der Waals surface area contributed by atoms with Crippen molar-refractivity contribution in [1.82, 2.24) is 10.6 Å². The molecule has 1 aliphatic carbocycles. The molecule has 30 heavy (non-hydrogen) atoms. The van der Waals surface area contributed by atoms with E-state index in [0.717, 1.165) is 11.8 Å².